The lowest BCUT2D eigenvalue weighted by Crippen LogP contribution is -2.31. The van der Waals surface area contributed by atoms with Crippen LogP contribution in [-0.2, 0) is 38.1 Å². The standard InChI is InChI=1S/C58H101NO9/c1-4-7-10-13-15-17-19-21-23-25-27-29-31-34-37-43-55(60)65-51-54(52-66-56(61)44-38-35-32-30-28-26-24-22-20-18-16-14-11-8-5-2)67-57(62)46-45-53(42-36-33-12-9-6-3)68-58(63)64-50-41-49-59-47-39-40-48-59/h15-18,21-24,53-54H,4-14,19-20,25-52H2,1-3H3/b17-15-,18-16-,23-21-,24-22-. The number of nitrogens with zero attached hydrogens (tertiary/aromatic N) is 1. The SMILES string of the molecule is CCCCC/C=C\C/C=C\CCCCCCCC(=O)OCC(COC(=O)CCCCCCC/C=C\C/C=C\CCCCC)OC(=O)CCC(CCCCCCC)OC(=O)OCCCN1CCCC1. The molecule has 10 nitrogen and oxygen atoms in total. The van der Waals surface area contributed by atoms with Crippen LogP contribution in [0.25, 0.3) is 0 Å². The molecule has 1 aliphatic rings. The average molecular weight is 956 g/mol. The van der Waals surface area contributed by atoms with Crippen LogP contribution in [0.15, 0.2) is 48.6 Å². The first-order valence-corrected chi connectivity index (χ1v) is 28.0. The number of carbonyl (C=O) groups is 4. The second-order valence-electron chi connectivity index (χ2n) is 18.9. The lowest BCUT2D eigenvalue weighted by Gasteiger charge is -2.20. The van der Waals surface area contributed by atoms with Crippen molar-refractivity contribution in [3.63, 3.8) is 0 Å². The third-order valence-corrected chi connectivity index (χ3v) is 12.4. The summed E-state index contributed by atoms with van der Waals surface area (Å²) < 4.78 is 28.0. The molecule has 1 fully saturated rings. The largest absolute Gasteiger partial charge is 0.508 e. The van der Waals surface area contributed by atoms with Gasteiger partial charge < -0.3 is 28.6 Å². The number of hydrogen-bond donors (Lipinski definition) is 0. The average Bonchev–Trinajstić information content (AvgIpc) is 3.86. The first-order valence-electron chi connectivity index (χ1n) is 28.0. The van der Waals surface area contributed by atoms with E-state index in [-0.39, 0.29) is 50.8 Å². The van der Waals surface area contributed by atoms with Crippen LogP contribution in [0.5, 0.6) is 0 Å². The van der Waals surface area contributed by atoms with Gasteiger partial charge >= 0.3 is 24.1 Å². The van der Waals surface area contributed by atoms with Crippen LogP contribution in [0.2, 0.25) is 0 Å². The number of likely N-dealkylation sites (tertiary alicyclic amines) is 1. The second-order valence-corrected chi connectivity index (χ2v) is 18.9. The zero-order valence-corrected chi connectivity index (χ0v) is 43.9. The highest BCUT2D eigenvalue weighted by molar-refractivity contribution is 5.71. The maximum atomic E-state index is 13.2. The minimum absolute atomic E-state index is 0.00180. The van der Waals surface area contributed by atoms with Gasteiger partial charge in [0.1, 0.15) is 19.3 Å². The molecule has 0 aromatic heterocycles. The fourth-order valence-corrected chi connectivity index (χ4v) is 8.18. The highest BCUT2D eigenvalue weighted by atomic mass is 16.7. The Morgan fingerprint density at radius 3 is 1.38 bits per heavy atom. The van der Waals surface area contributed by atoms with Crippen molar-refractivity contribution in [3.8, 4) is 0 Å². The first kappa shape index (κ1) is 62.6. The van der Waals surface area contributed by atoms with Crippen molar-refractivity contribution in [2.24, 2.45) is 0 Å². The van der Waals surface area contributed by atoms with Crippen molar-refractivity contribution in [3.05, 3.63) is 48.6 Å². The van der Waals surface area contributed by atoms with Gasteiger partial charge in [-0.2, -0.15) is 0 Å². The Hall–Kier alpha value is -3.40. The molecule has 0 saturated carbocycles. The first-order chi connectivity index (χ1) is 33.4. The van der Waals surface area contributed by atoms with Gasteiger partial charge in [-0.05, 0) is 129 Å². The van der Waals surface area contributed by atoms with Crippen LogP contribution in [0.3, 0.4) is 0 Å². The normalized spacial score (nSPS) is 13.7. The summed E-state index contributed by atoms with van der Waals surface area (Å²) in [6.45, 7) is 9.64. The van der Waals surface area contributed by atoms with E-state index in [2.05, 4.69) is 74.3 Å². The predicted octanol–water partition coefficient (Wildman–Crippen LogP) is 15.8. The van der Waals surface area contributed by atoms with Crippen LogP contribution in [0, 0.1) is 0 Å². The third-order valence-electron chi connectivity index (χ3n) is 12.4. The summed E-state index contributed by atoms with van der Waals surface area (Å²) >= 11 is 0. The van der Waals surface area contributed by atoms with Crippen LogP contribution >= 0.6 is 0 Å². The summed E-state index contributed by atoms with van der Waals surface area (Å²) in [5.41, 5.74) is 0. The summed E-state index contributed by atoms with van der Waals surface area (Å²) in [5.74, 6) is -1.24. The zero-order chi connectivity index (χ0) is 49.2. The summed E-state index contributed by atoms with van der Waals surface area (Å²) in [6.07, 6.45) is 50.1. The predicted molar refractivity (Wildman–Crippen MR) is 280 cm³/mol. The van der Waals surface area contributed by atoms with Gasteiger partial charge in [0.25, 0.3) is 0 Å². The Morgan fingerprint density at radius 2 is 0.868 bits per heavy atom. The Morgan fingerprint density at radius 1 is 0.426 bits per heavy atom. The molecule has 1 rings (SSSR count). The third kappa shape index (κ3) is 42.7. The van der Waals surface area contributed by atoms with Gasteiger partial charge in [0.05, 0.1) is 6.61 Å². The van der Waals surface area contributed by atoms with E-state index in [4.69, 9.17) is 23.7 Å². The van der Waals surface area contributed by atoms with Crippen LogP contribution in [0.4, 0.5) is 4.79 Å². The summed E-state index contributed by atoms with van der Waals surface area (Å²) in [5, 5.41) is 0. The molecule has 0 amide bonds. The van der Waals surface area contributed by atoms with Crippen LogP contribution < -0.4 is 0 Å². The molecule has 0 aliphatic carbocycles. The number of hydrogen-bond acceptors (Lipinski definition) is 10. The number of carbonyl (C=O) groups excluding carboxylic acids is 4. The molecule has 0 N–H and O–H groups in total. The zero-order valence-electron chi connectivity index (χ0n) is 43.9. The van der Waals surface area contributed by atoms with E-state index in [1.54, 1.807) is 0 Å². The van der Waals surface area contributed by atoms with E-state index in [1.165, 1.54) is 64.2 Å². The molecule has 0 aromatic rings. The fourth-order valence-electron chi connectivity index (χ4n) is 8.18. The van der Waals surface area contributed by atoms with Crippen molar-refractivity contribution < 1.29 is 42.9 Å². The molecule has 1 aliphatic heterocycles. The maximum Gasteiger partial charge on any atom is 0.508 e. The fraction of sp³-hybridized carbons (Fsp3) is 0.793. The van der Waals surface area contributed by atoms with Gasteiger partial charge in [-0.15, -0.1) is 0 Å². The Labute approximate surface area is 416 Å². The molecule has 1 heterocycles. The van der Waals surface area contributed by atoms with Gasteiger partial charge in [0, 0.05) is 25.8 Å². The Bertz CT molecular complexity index is 1260. The van der Waals surface area contributed by atoms with Gasteiger partial charge in [-0.1, -0.05) is 159 Å². The van der Waals surface area contributed by atoms with Crippen molar-refractivity contribution >= 4 is 24.1 Å². The number of allylic oxidation sites excluding steroid dienone is 8. The van der Waals surface area contributed by atoms with E-state index in [0.29, 0.717) is 13.0 Å². The molecule has 0 radical (unpaired) electrons. The van der Waals surface area contributed by atoms with Gasteiger partial charge in [0.2, 0.25) is 0 Å². The molecule has 1 atom stereocenters. The van der Waals surface area contributed by atoms with Gasteiger partial charge in [-0.25, -0.2) is 4.79 Å². The minimum Gasteiger partial charge on any atom is -0.462 e. The molecule has 0 spiro atoms. The van der Waals surface area contributed by atoms with Crippen molar-refractivity contribution in [2.75, 3.05) is 39.5 Å². The van der Waals surface area contributed by atoms with Crippen molar-refractivity contribution in [1.82, 2.24) is 4.90 Å². The maximum absolute atomic E-state index is 13.2. The summed E-state index contributed by atoms with van der Waals surface area (Å²) in [7, 11) is 0. The quantitative estimate of drug-likeness (QED) is 0.0252. The minimum atomic E-state index is -0.932. The molecular weight excluding hydrogens is 855 g/mol. The Kier molecular flexibility index (Phi) is 44.8. The monoisotopic (exact) mass is 956 g/mol. The Balaban J connectivity index is 2.57. The molecular formula is C58H101NO9. The molecule has 1 saturated heterocycles. The molecule has 0 aromatic carbocycles. The van der Waals surface area contributed by atoms with E-state index in [0.717, 1.165) is 148 Å². The highest BCUT2D eigenvalue weighted by Gasteiger charge is 2.23. The van der Waals surface area contributed by atoms with Gasteiger partial charge in [0.15, 0.2) is 6.10 Å². The van der Waals surface area contributed by atoms with E-state index >= 15 is 0 Å². The van der Waals surface area contributed by atoms with Crippen molar-refractivity contribution in [1.29, 1.82) is 0 Å². The number of esters is 3. The van der Waals surface area contributed by atoms with E-state index < -0.39 is 24.3 Å². The van der Waals surface area contributed by atoms with Crippen molar-refractivity contribution in [2.45, 2.75) is 258 Å². The van der Waals surface area contributed by atoms with Gasteiger partial charge in [-0.3, -0.25) is 14.4 Å². The summed E-state index contributed by atoms with van der Waals surface area (Å²) in [4.78, 5) is 53.8. The molecule has 10 heteroatoms. The van der Waals surface area contributed by atoms with E-state index in [1.807, 2.05) is 0 Å². The molecule has 392 valence electrons. The highest BCUT2D eigenvalue weighted by Crippen LogP contribution is 2.17. The lowest BCUT2D eigenvalue weighted by molar-refractivity contribution is -0.167. The second kappa shape index (κ2) is 48.6. The smallest absolute Gasteiger partial charge is 0.462 e. The summed E-state index contributed by atoms with van der Waals surface area (Å²) in [6, 6.07) is 0. The lowest BCUT2D eigenvalue weighted by atomic mass is 10.0. The number of unbranched alkanes of at least 4 members (excludes halogenated alkanes) is 20. The number of rotatable bonds is 47. The molecule has 1 unspecified atom stereocenters. The topological polar surface area (TPSA) is 118 Å². The van der Waals surface area contributed by atoms with Crippen LogP contribution in [-0.4, -0.2) is 80.6 Å². The molecule has 0 bridgehead atoms. The van der Waals surface area contributed by atoms with Crippen LogP contribution in [0.1, 0.15) is 245 Å². The molecule has 68 heavy (non-hydrogen) atoms. The van der Waals surface area contributed by atoms with E-state index in [9.17, 15) is 19.2 Å². The number of ether oxygens (including phenoxy) is 5.